The Kier molecular flexibility index (Phi) is 8.62. The predicted octanol–water partition coefficient (Wildman–Crippen LogP) is 6.61. The van der Waals surface area contributed by atoms with Crippen LogP contribution in [-0.2, 0) is 11.2 Å². The Morgan fingerprint density at radius 1 is 1.29 bits per heavy atom. The number of hydrogen-bond donors (Lipinski definition) is 0. The highest BCUT2D eigenvalue weighted by molar-refractivity contribution is 7.12. The minimum atomic E-state index is -0.118. The molecule has 2 heterocycles. The van der Waals surface area contributed by atoms with Crippen LogP contribution in [0.3, 0.4) is 0 Å². The zero-order valence-electron chi connectivity index (χ0n) is 15.7. The van der Waals surface area contributed by atoms with Gasteiger partial charge in [-0.25, -0.2) is 0 Å². The zero-order valence-corrected chi connectivity index (χ0v) is 16.5. The molecule has 1 aliphatic heterocycles. The van der Waals surface area contributed by atoms with Crippen LogP contribution in [0, 0.1) is 0 Å². The van der Waals surface area contributed by atoms with Gasteiger partial charge >= 0.3 is 0 Å². The summed E-state index contributed by atoms with van der Waals surface area (Å²) in [6.45, 7) is 18.4. The van der Waals surface area contributed by atoms with Crippen LogP contribution < -0.4 is 0 Å². The second kappa shape index (κ2) is 10.2. The molecule has 0 radical (unpaired) electrons. The largest absolute Gasteiger partial charge is 0.466 e. The Hall–Kier alpha value is -1.74. The molecule has 0 bridgehead atoms. The number of hydrogen-bond acceptors (Lipinski definition) is 3. The van der Waals surface area contributed by atoms with Gasteiger partial charge in [-0.3, -0.25) is 0 Å². The van der Waals surface area contributed by atoms with Gasteiger partial charge in [0, 0.05) is 10.6 Å². The number of aryl methyl sites for hydroxylation is 1. The van der Waals surface area contributed by atoms with Crippen molar-refractivity contribution in [2.75, 3.05) is 0 Å². The molecule has 0 aromatic carbocycles. The first-order valence-electron chi connectivity index (χ1n) is 8.72. The van der Waals surface area contributed by atoms with Crippen molar-refractivity contribution in [2.45, 2.75) is 59.7 Å². The monoisotopic (exact) mass is 345 g/mol. The molecule has 2 rings (SSSR count). The van der Waals surface area contributed by atoms with Gasteiger partial charge in [-0.15, -0.1) is 11.3 Å². The molecule has 0 aliphatic carbocycles. The standard InChI is InChI=1S/C18H23NOS.C3H8/c1-6-14(7-2)19-13(5)12-15(8-3)20-18(19)17-11-10-16(9-4)21-17;1-3-2/h6-8,10-13,18H,1,3,9H2,2,4-5H3;3H2,1-2H3/b14-7+;. The molecular weight excluding hydrogens is 314 g/mol. The summed E-state index contributed by atoms with van der Waals surface area (Å²) in [4.78, 5) is 4.84. The molecule has 0 fully saturated rings. The number of thiophene rings is 1. The van der Waals surface area contributed by atoms with Gasteiger partial charge in [0.25, 0.3) is 0 Å². The molecule has 24 heavy (non-hydrogen) atoms. The normalized spacial score (nSPS) is 20.5. The van der Waals surface area contributed by atoms with Gasteiger partial charge in [0.05, 0.1) is 10.9 Å². The minimum Gasteiger partial charge on any atom is -0.466 e. The molecule has 1 aliphatic rings. The molecule has 0 saturated heterocycles. The predicted molar refractivity (Wildman–Crippen MR) is 107 cm³/mol. The van der Waals surface area contributed by atoms with E-state index in [1.54, 1.807) is 17.4 Å². The maximum Gasteiger partial charge on any atom is 0.208 e. The Bertz CT molecular complexity index is 597. The van der Waals surface area contributed by atoms with Crippen molar-refractivity contribution < 1.29 is 4.74 Å². The summed E-state index contributed by atoms with van der Waals surface area (Å²) < 4.78 is 6.14. The molecule has 2 unspecified atom stereocenters. The van der Waals surface area contributed by atoms with E-state index in [2.05, 4.69) is 70.0 Å². The molecule has 0 saturated carbocycles. The summed E-state index contributed by atoms with van der Waals surface area (Å²) in [5.74, 6) is 0.842. The van der Waals surface area contributed by atoms with Crippen molar-refractivity contribution in [1.82, 2.24) is 4.90 Å². The fraction of sp³-hybridized carbons (Fsp3) is 0.429. The van der Waals surface area contributed by atoms with E-state index in [1.165, 1.54) is 16.2 Å². The molecule has 132 valence electrons. The third kappa shape index (κ3) is 4.88. The van der Waals surface area contributed by atoms with Crippen molar-refractivity contribution >= 4 is 11.3 Å². The number of allylic oxidation sites excluding steroid dienone is 3. The van der Waals surface area contributed by atoms with Gasteiger partial charge in [-0.1, -0.05) is 46.4 Å². The molecule has 0 amide bonds. The van der Waals surface area contributed by atoms with Crippen LogP contribution in [0.25, 0.3) is 0 Å². The van der Waals surface area contributed by atoms with Crippen LogP contribution >= 0.6 is 11.3 Å². The first kappa shape index (κ1) is 20.3. The van der Waals surface area contributed by atoms with Gasteiger partial charge < -0.3 is 9.64 Å². The number of rotatable bonds is 5. The van der Waals surface area contributed by atoms with Crippen molar-refractivity contribution in [3.05, 3.63) is 70.8 Å². The van der Waals surface area contributed by atoms with Crippen LogP contribution in [-0.4, -0.2) is 10.9 Å². The van der Waals surface area contributed by atoms with E-state index in [-0.39, 0.29) is 12.3 Å². The van der Waals surface area contributed by atoms with E-state index in [0.29, 0.717) is 0 Å². The van der Waals surface area contributed by atoms with Crippen molar-refractivity contribution in [3.63, 3.8) is 0 Å². The van der Waals surface area contributed by atoms with E-state index in [0.717, 1.165) is 17.9 Å². The second-order valence-corrected chi connectivity index (χ2v) is 6.87. The number of ether oxygens (including phenoxy) is 1. The molecule has 2 nitrogen and oxygen atoms in total. The lowest BCUT2D eigenvalue weighted by molar-refractivity contribution is -0.0241. The summed E-state index contributed by atoms with van der Waals surface area (Å²) in [7, 11) is 0. The lowest BCUT2D eigenvalue weighted by Gasteiger charge is -2.41. The number of nitrogens with zero attached hydrogens (tertiary/aromatic N) is 1. The summed E-state index contributed by atoms with van der Waals surface area (Å²) in [5.41, 5.74) is 1.08. The van der Waals surface area contributed by atoms with E-state index >= 15 is 0 Å². The van der Waals surface area contributed by atoms with Gasteiger partial charge in [-0.2, -0.15) is 0 Å². The Balaban J connectivity index is 0.000000891. The van der Waals surface area contributed by atoms with Crippen molar-refractivity contribution in [3.8, 4) is 0 Å². The highest BCUT2D eigenvalue weighted by Gasteiger charge is 2.31. The third-order valence-corrected chi connectivity index (χ3v) is 4.88. The average Bonchev–Trinajstić information content (AvgIpc) is 3.06. The van der Waals surface area contributed by atoms with Crippen LogP contribution in [0.5, 0.6) is 0 Å². The minimum absolute atomic E-state index is 0.118. The van der Waals surface area contributed by atoms with E-state index in [9.17, 15) is 0 Å². The lowest BCUT2D eigenvalue weighted by Crippen LogP contribution is -2.38. The van der Waals surface area contributed by atoms with E-state index in [4.69, 9.17) is 4.74 Å². The lowest BCUT2D eigenvalue weighted by atomic mass is 10.1. The van der Waals surface area contributed by atoms with E-state index in [1.807, 2.05) is 13.0 Å². The topological polar surface area (TPSA) is 12.5 Å². The quantitative estimate of drug-likeness (QED) is 0.557. The molecule has 1 aromatic heterocycles. The molecule has 0 N–H and O–H groups in total. The van der Waals surface area contributed by atoms with Crippen LogP contribution in [0.15, 0.2) is 61.1 Å². The molecular formula is C21H31NOS. The Morgan fingerprint density at radius 3 is 2.42 bits per heavy atom. The zero-order chi connectivity index (χ0) is 18.1. The first-order valence-corrected chi connectivity index (χ1v) is 9.54. The maximum atomic E-state index is 6.14. The second-order valence-electron chi connectivity index (χ2n) is 5.67. The summed E-state index contributed by atoms with van der Waals surface area (Å²) in [6, 6.07) is 4.57. The van der Waals surface area contributed by atoms with Crippen molar-refractivity contribution in [2.24, 2.45) is 0 Å². The smallest absolute Gasteiger partial charge is 0.208 e. The molecule has 0 spiro atoms. The van der Waals surface area contributed by atoms with Gasteiger partial charge in [-0.05, 0) is 50.6 Å². The molecule has 2 atom stereocenters. The van der Waals surface area contributed by atoms with Crippen LogP contribution in [0.2, 0.25) is 0 Å². The molecule has 1 aromatic rings. The summed E-state index contributed by atoms with van der Waals surface area (Å²) in [6.07, 6.45) is 10.0. The van der Waals surface area contributed by atoms with Crippen molar-refractivity contribution in [1.29, 1.82) is 0 Å². The Morgan fingerprint density at radius 2 is 1.96 bits per heavy atom. The maximum absolute atomic E-state index is 6.14. The third-order valence-electron chi connectivity index (χ3n) is 3.62. The molecule has 3 heteroatoms. The highest BCUT2D eigenvalue weighted by Crippen LogP contribution is 2.38. The fourth-order valence-corrected chi connectivity index (χ4v) is 3.51. The fourth-order valence-electron chi connectivity index (χ4n) is 2.53. The van der Waals surface area contributed by atoms with Gasteiger partial charge in [0.2, 0.25) is 6.23 Å². The average molecular weight is 346 g/mol. The SMILES string of the molecule is C=CC1=CC(C)N(/C(C=C)=C/C)C(c2ccc(CC)s2)O1.CCC. The van der Waals surface area contributed by atoms with E-state index < -0.39 is 0 Å². The van der Waals surface area contributed by atoms with Gasteiger partial charge in [0.1, 0.15) is 5.76 Å². The highest BCUT2D eigenvalue weighted by atomic mass is 32.1. The summed E-state index contributed by atoms with van der Waals surface area (Å²) >= 11 is 1.81. The van der Waals surface area contributed by atoms with Gasteiger partial charge in [0.15, 0.2) is 0 Å². The summed E-state index contributed by atoms with van der Waals surface area (Å²) in [5, 5.41) is 0. The van der Waals surface area contributed by atoms with Crippen LogP contribution in [0.1, 0.15) is 57.0 Å². The van der Waals surface area contributed by atoms with Crippen LogP contribution in [0.4, 0.5) is 0 Å². The Labute approximate surface area is 151 Å². The first-order chi connectivity index (χ1) is 11.6.